The van der Waals surface area contributed by atoms with Crippen LogP contribution in [-0.2, 0) is 17.8 Å². The lowest BCUT2D eigenvalue weighted by Crippen LogP contribution is -2.35. The molecule has 2 heterocycles. The molecule has 0 saturated heterocycles. The van der Waals surface area contributed by atoms with E-state index in [1.54, 1.807) is 38.3 Å². The summed E-state index contributed by atoms with van der Waals surface area (Å²) < 4.78 is 25.2. The number of methoxy groups -OCH3 is 2. The number of aromatic nitrogens is 2. The summed E-state index contributed by atoms with van der Waals surface area (Å²) in [6, 6.07) is 11.6. The molecular weight excluding hydrogens is 457 g/mol. The molecule has 0 aliphatic rings. The van der Waals surface area contributed by atoms with Crippen molar-refractivity contribution in [2.24, 2.45) is 0 Å². The Bertz CT molecular complexity index is 1380. The van der Waals surface area contributed by atoms with Crippen LogP contribution in [0.2, 0.25) is 0 Å². The SMILES string of the molecule is COc1ccc(CCN(C)C(=O)Cn2cnc3scc(-c4ccc(F)cc4)c3c2=O)cc1OC. The second-order valence-electron chi connectivity index (χ2n) is 7.77. The van der Waals surface area contributed by atoms with Crippen molar-refractivity contribution in [1.82, 2.24) is 14.5 Å². The smallest absolute Gasteiger partial charge is 0.263 e. The van der Waals surface area contributed by atoms with E-state index in [2.05, 4.69) is 4.98 Å². The second-order valence-corrected chi connectivity index (χ2v) is 8.63. The van der Waals surface area contributed by atoms with E-state index in [-0.39, 0.29) is 23.8 Å². The van der Waals surface area contributed by atoms with Crippen LogP contribution in [-0.4, -0.2) is 48.2 Å². The van der Waals surface area contributed by atoms with Crippen molar-refractivity contribution >= 4 is 27.5 Å². The van der Waals surface area contributed by atoms with Crippen molar-refractivity contribution < 1.29 is 18.7 Å². The number of thiophene rings is 1. The Morgan fingerprint density at radius 3 is 2.56 bits per heavy atom. The zero-order chi connectivity index (χ0) is 24.2. The molecule has 0 fully saturated rings. The highest BCUT2D eigenvalue weighted by molar-refractivity contribution is 7.17. The Kier molecular flexibility index (Phi) is 6.93. The normalized spacial score (nSPS) is 10.9. The lowest BCUT2D eigenvalue weighted by molar-refractivity contribution is -0.130. The Morgan fingerprint density at radius 2 is 1.85 bits per heavy atom. The largest absolute Gasteiger partial charge is 0.493 e. The van der Waals surface area contributed by atoms with Gasteiger partial charge in [0.1, 0.15) is 17.2 Å². The Hall–Kier alpha value is -3.72. The van der Waals surface area contributed by atoms with E-state index in [9.17, 15) is 14.0 Å². The molecule has 9 heteroatoms. The second kappa shape index (κ2) is 10.0. The summed E-state index contributed by atoms with van der Waals surface area (Å²) in [5.41, 5.74) is 2.11. The topological polar surface area (TPSA) is 73.7 Å². The van der Waals surface area contributed by atoms with Crippen molar-refractivity contribution in [3.8, 4) is 22.6 Å². The van der Waals surface area contributed by atoms with Crippen LogP contribution in [0.1, 0.15) is 5.56 Å². The van der Waals surface area contributed by atoms with Gasteiger partial charge in [-0.2, -0.15) is 0 Å². The number of halogens is 1. The number of carbonyl (C=O) groups excluding carboxylic acids is 1. The van der Waals surface area contributed by atoms with Crippen molar-refractivity contribution in [3.05, 3.63) is 75.9 Å². The number of ether oxygens (including phenoxy) is 2. The molecule has 0 unspecified atom stereocenters. The number of hydrogen-bond donors (Lipinski definition) is 0. The summed E-state index contributed by atoms with van der Waals surface area (Å²) in [7, 11) is 4.86. The third-order valence-corrected chi connectivity index (χ3v) is 6.52. The van der Waals surface area contributed by atoms with Crippen molar-refractivity contribution in [2.45, 2.75) is 13.0 Å². The van der Waals surface area contributed by atoms with Crippen LogP contribution < -0.4 is 15.0 Å². The molecule has 2 aromatic carbocycles. The molecular formula is C25H24FN3O4S. The quantitative estimate of drug-likeness (QED) is 0.381. The molecule has 0 spiro atoms. The third-order valence-electron chi connectivity index (χ3n) is 5.63. The molecule has 0 aliphatic heterocycles. The van der Waals surface area contributed by atoms with Crippen LogP contribution in [0.4, 0.5) is 4.39 Å². The Labute approximate surface area is 200 Å². The summed E-state index contributed by atoms with van der Waals surface area (Å²) in [5.74, 6) is 0.724. The zero-order valence-electron chi connectivity index (χ0n) is 19.1. The zero-order valence-corrected chi connectivity index (χ0v) is 19.9. The maximum atomic E-state index is 13.3. The van der Waals surface area contributed by atoms with E-state index < -0.39 is 0 Å². The number of nitrogens with zero attached hydrogens (tertiary/aromatic N) is 3. The van der Waals surface area contributed by atoms with Gasteiger partial charge >= 0.3 is 0 Å². The first-order valence-electron chi connectivity index (χ1n) is 10.6. The number of amides is 1. The van der Waals surface area contributed by atoms with Crippen LogP contribution >= 0.6 is 11.3 Å². The molecule has 0 saturated carbocycles. The van der Waals surface area contributed by atoms with Crippen LogP contribution in [0.3, 0.4) is 0 Å². The fourth-order valence-corrected chi connectivity index (χ4v) is 4.55. The molecule has 4 rings (SSSR count). The van der Waals surface area contributed by atoms with Crippen LogP contribution in [0.25, 0.3) is 21.3 Å². The van der Waals surface area contributed by atoms with Gasteiger partial charge in [0.05, 0.1) is 25.9 Å². The molecule has 176 valence electrons. The van der Waals surface area contributed by atoms with Gasteiger partial charge in [-0.15, -0.1) is 11.3 Å². The number of fused-ring (bicyclic) bond motifs is 1. The summed E-state index contributed by atoms with van der Waals surface area (Å²) in [5, 5.41) is 2.26. The molecule has 34 heavy (non-hydrogen) atoms. The number of hydrogen-bond acceptors (Lipinski definition) is 6. The van der Waals surface area contributed by atoms with E-state index in [4.69, 9.17) is 9.47 Å². The lowest BCUT2D eigenvalue weighted by Gasteiger charge is -2.18. The first kappa shape index (κ1) is 23.4. The van der Waals surface area contributed by atoms with Gasteiger partial charge in [0, 0.05) is 24.5 Å². The average molecular weight is 482 g/mol. The molecule has 2 aromatic heterocycles. The van der Waals surface area contributed by atoms with E-state index in [1.807, 2.05) is 23.6 Å². The number of likely N-dealkylation sites (N-methyl/N-ethyl adjacent to an activating group) is 1. The van der Waals surface area contributed by atoms with Gasteiger partial charge in [-0.3, -0.25) is 14.2 Å². The van der Waals surface area contributed by atoms with Crippen molar-refractivity contribution in [3.63, 3.8) is 0 Å². The Morgan fingerprint density at radius 1 is 1.12 bits per heavy atom. The van der Waals surface area contributed by atoms with Crippen molar-refractivity contribution in [2.75, 3.05) is 27.8 Å². The first-order valence-corrected chi connectivity index (χ1v) is 11.5. The molecule has 0 atom stereocenters. The molecule has 0 bridgehead atoms. The van der Waals surface area contributed by atoms with E-state index >= 15 is 0 Å². The minimum Gasteiger partial charge on any atom is -0.493 e. The minimum absolute atomic E-state index is 0.122. The average Bonchev–Trinajstić information content (AvgIpc) is 3.29. The van der Waals surface area contributed by atoms with Gasteiger partial charge < -0.3 is 14.4 Å². The third kappa shape index (κ3) is 4.79. The van der Waals surface area contributed by atoms with Gasteiger partial charge in [-0.25, -0.2) is 9.37 Å². The highest BCUT2D eigenvalue weighted by Crippen LogP contribution is 2.31. The van der Waals surface area contributed by atoms with Crippen LogP contribution in [0.5, 0.6) is 11.5 Å². The fraction of sp³-hybridized carbons (Fsp3) is 0.240. The summed E-state index contributed by atoms with van der Waals surface area (Å²) in [6.07, 6.45) is 2.02. The van der Waals surface area contributed by atoms with Gasteiger partial charge in [0.25, 0.3) is 5.56 Å². The standard InChI is InChI=1S/C25H24FN3O4S/c1-28(11-10-16-4-9-20(32-2)21(12-16)33-3)22(30)13-29-15-27-24-23(25(29)31)19(14-34-24)17-5-7-18(26)8-6-17/h4-9,12,14-15H,10-11,13H2,1-3H3. The molecule has 7 nitrogen and oxygen atoms in total. The highest BCUT2D eigenvalue weighted by atomic mass is 32.1. The first-order chi connectivity index (χ1) is 16.4. The van der Waals surface area contributed by atoms with E-state index in [1.165, 1.54) is 34.4 Å². The highest BCUT2D eigenvalue weighted by Gasteiger charge is 2.16. The monoisotopic (exact) mass is 481 g/mol. The van der Waals surface area contributed by atoms with Crippen molar-refractivity contribution in [1.29, 1.82) is 0 Å². The minimum atomic E-state index is -0.347. The molecule has 4 aromatic rings. The molecule has 1 amide bonds. The number of carbonyl (C=O) groups is 1. The van der Waals surface area contributed by atoms with Crippen LogP contribution in [0, 0.1) is 5.82 Å². The predicted molar refractivity (Wildman–Crippen MR) is 130 cm³/mol. The van der Waals surface area contributed by atoms with Gasteiger partial charge in [-0.1, -0.05) is 18.2 Å². The van der Waals surface area contributed by atoms with E-state index in [0.717, 1.165) is 11.1 Å². The van der Waals surface area contributed by atoms with Gasteiger partial charge in [0.2, 0.25) is 5.91 Å². The summed E-state index contributed by atoms with van der Waals surface area (Å²) >= 11 is 1.34. The Balaban J connectivity index is 1.49. The van der Waals surface area contributed by atoms with Crippen LogP contribution in [0.15, 0.2) is 59.0 Å². The van der Waals surface area contributed by atoms with E-state index in [0.29, 0.717) is 40.2 Å². The van der Waals surface area contributed by atoms with Gasteiger partial charge in [-0.05, 0) is 41.8 Å². The predicted octanol–water partition coefficient (Wildman–Crippen LogP) is 3.98. The maximum absolute atomic E-state index is 13.3. The lowest BCUT2D eigenvalue weighted by atomic mass is 10.1. The summed E-state index contributed by atoms with van der Waals surface area (Å²) in [6.45, 7) is 0.348. The fourth-order valence-electron chi connectivity index (χ4n) is 3.65. The summed E-state index contributed by atoms with van der Waals surface area (Å²) in [4.78, 5) is 32.5. The molecule has 0 aliphatic carbocycles. The maximum Gasteiger partial charge on any atom is 0.263 e. The molecule has 0 radical (unpaired) electrons. The molecule has 0 N–H and O–H groups in total. The number of benzene rings is 2. The number of rotatable bonds is 8. The van der Waals surface area contributed by atoms with Gasteiger partial charge in [0.15, 0.2) is 11.5 Å².